The average Bonchev–Trinajstić information content (AvgIpc) is 2.92. The lowest BCUT2D eigenvalue weighted by molar-refractivity contribution is 0.174. The predicted octanol–water partition coefficient (Wildman–Crippen LogP) is 2.04. The predicted molar refractivity (Wildman–Crippen MR) is 71.9 cm³/mol. The molecule has 1 aromatic carbocycles. The van der Waals surface area contributed by atoms with Gasteiger partial charge < -0.3 is 15.2 Å². The van der Waals surface area contributed by atoms with Crippen molar-refractivity contribution in [2.75, 3.05) is 12.5 Å². The van der Waals surface area contributed by atoms with E-state index in [0.717, 1.165) is 11.3 Å². The van der Waals surface area contributed by atoms with Gasteiger partial charge in [-0.15, -0.1) is 0 Å². The normalized spacial score (nSPS) is 13.4. The number of benzene rings is 1. The molecule has 7 heteroatoms. The Balaban J connectivity index is 1.93. The Bertz CT molecular complexity index is 666. The molecule has 1 aliphatic heterocycles. The summed E-state index contributed by atoms with van der Waals surface area (Å²) in [6.45, 7) is 2.05. The number of fused-ring (bicyclic) bond motifs is 1. The fourth-order valence-electron chi connectivity index (χ4n) is 1.75. The lowest BCUT2D eigenvalue weighted by atomic mass is 10.2. The SMILES string of the molecule is Cc1cn(N=Cc2cc3c(cc2Cl)OCO3)c(N)n1. The van der Waals surface area contributed by atoms with Crippen molar-refractivity contribution < 1.29 is 9.47 Å². The van der Waals surface area contributed by atoms with Gasteiger partial charge in [0.05, 0.1) is 23.1 Å². The number of ether oxygens (including phenoxy) is 2. The standard InChI is InChI=1S/C12H11ClN4O2/c1-7-5-17(12(14)16-7)15-4-8-2-10-11(3-9(8)13)19-6-18-10/h2-5H,6H2,1H3,(H2,14,16). The third-order valence-electron chi connectivity index (χ3n) is 2.65. The van der Waals surface area contributed by atoms with Gasteiger partial charge in [0.25, 0.3) is 0 Å². The van der Waals surface area contributed by atoms with Crippen LogP contribution >= 0.6 is 11.6 Å². The lowest BCUT2D eigenvalue weighted by Crippen LogP contribution is -1.97. The van der Waals surface area contributed by atoms with Gasteiger partial charge in [0.2, 0.25) is 12.7 Å². The second-order valence-corrected chi connectivity index (χ2v) is 4.46. The molecule has 2 aromatic rings. The maximum Gasteiger partial charge on any atom is 0.231 e. The molecule has 0 bridgehead atoms. The third-order valence-corrected chi connectivity index (χ3v) is 2.98. The van der Waals surface area contributed by atoms with Crippen LogP contribution in [0.4, 0.5) is 5.95 Å². The molecule has 0 spiro atoms. The molecular weight excluding hydrogens is 268 g/mol. The van der Waals surface area contributed by atoms with E-state index < -0.39 is 0 Å². The van der Waals surface area contributed by atoms with Crippen molar-refractivity contribution in [2.24, 2.45) is 5.10 Å². The van der Waals surface area contributed by atoms with Crippen LogP contribution in [0, 0.1) is 6.92 Å². The second-order valence-electron chi connectivity index (χ2n) is 4.06. The Hall–Kier alpha value is -2.21. The number of imidazole rings is 1. The quantitative estimate of drug-likeness (QED) is 0.853. The molecular formula is C12H11ClN4O2. The van der Waals surface area contributed by atoms with Crippen LogP contribution in [0.1, 0.15) is 11.3 Å². The fourth-order valence-corrected chi connectivity index (χ4v) is 1.96. The number of rotatable bonds is 2. The number of aromatic nitrogens is 2. The summed E-state index contributed by atoms with van der Waals surface area (Å²) in [5, 5.41) is 4.74. The molecule has 98 valence electrons. The molecule has 19 heavy (non-hydrogen) atoms. The van der Waals surface area contributed by atoms with Crippen molar-refractivity contribution in [1.29, 1.82) is 0 Å². The Morgan fingerprint density at radius 1 is 1.42 bits per heavy atom. The first-order valence-corrected chi connectivity index (χ1v) is 5.96. The van der Waals surface area contributed by atoms with Crippen LogP contribution in [0.2, 0.25) is 5.02 Å². The van der Waals surface area contributed by atoms with E-state index in [0.29, 0.717) is 22.5 Å². The Morgan fingerprint density at radius 3 is 2.84 bits per heavy atom. The number of nitrogens with zero attached hydrogens (tertiary/aromatic N) is 3. The van der Waals surface area contributed by atoms with Gasteiger partial charge in [0.1, 0.15) is 0 Å². The van der Waals surface area contributed by atoms with Crippen LogP contribution in [0.15, 0.2) is 23.4 Å². The van der Waals surface area contributed by atoms with E-state index in [9.17, 15) is 0 Å². The first-order valence-electron chi connectivity index (χ1n) is 5.58. The van der Waals surface area contributed by atoms with Gasteiger partial charge in [-0.05, 0) is 13.0 Å². The Labute approximate surface area is 114 Å². The molecule has 0 atom stereocenters. The summed E-state index contributed by atoms with van der Waals surface area (Å²) in [6, 6.07) is 3.47. The maximum atomic E-state index is 6.14. The van der Waals surface area contributed by atoms with E-state index in [1.165, 1.54) is 4.68 Å². The van der Waals surface area contributed by atoms with Crippen LogP contribution in [0.5, 0.6) is 11.5 Å². The van der Waals surface area contributed by atoms with Crippen molar-refractivity contribution in [3.05, 3.63) is 34.6 Å². The third kappa shape index (κ3) is 2.22. The van der Waals surface area contributed by atoms with Crippen LogP contribution in [-0.2, 0) is 0 Å². The van der Waals surface area contributed by atoms with E-state index in [2.05, 4.69) is 10.1 Å². The molecule has 2 heterocycles. The Morgan fingerprint density at radius 2 is 2.16 bits per heavy atom. The summed E-state index contributed by atoms with van der Waals surface area (Å²) >= 11 is 6.14. The first-order chi connectivity index (χ1) is 9.13. The zero-order valence-corrected chi connectivity index (χ0v) is 10.9. The summed E-state index contributed by atoms with van der Waals surface area (Å²) in [7, 11) is 0. The highest BCUT2D eigenvalue weighted by atomic mass is 35.5. The zero-order chi connectivity index (χ0) is 13.4. The highest BCUT2D eigenvalue weighted by Crippen LogP contribution is 2.36. The van der Waals surface area contributed by atoms with Gasteiger partial charge in [-0.2, -0.15) is 5.10 Å². The van der Waals surface area contributed by atoms with Crippen molar-refractivity contribution >= 4 is 23.8 Å². The number of nitrogens with two attached hydrogens (primary N) is 1. The average molecular weight is 279 g/mol. The summed E-state index contributed by atoms with van der Waals surface area (Å²) in [5.74, 6) is 1.62. The molecule has 0 radical (unpaired) electrons. The summed E-state index contributed by atoms with van der Waals surface area (Å²) < 4.78 is 12.0. The van der Waals surface area contributed by atoms with Gasteiger partial charge in [-0.1, -0.05) is 11.6 Å². The number of anilines is 1. The van der Waals surface area contributed by atoms with E-state index in [4.69, 9.17) is 26.8 Å². The number of halogens is 1. The largest absolute Gasteiger partial charge is 0.454 e. The highest BCUT2D eigenvalue weighted by Gasteiger charge is 2.15. The van der Waals surface area contributed by atoms with Crippen LogP contribution in [0.3, 0.4) is 0 Å². The molecule has 0 saturated carbocycles. The molecule has 0 amide bonds. The van der Waals surface area contributed by atoms with E-state index in [1.807, 2.05) is 6.92 Å². The van der Waals surface area contributed by atoms with Crippen molar-refractivity contribution in [3.8, 4) is 11.5 Å². The summed E-state index contributed by atoms with van der Waals surface area (Å²) in [5.41, 5.74) is 7.21. The van der Waals surface area contributed by atoms with Crippen LogP contribution in [-0.4, -0.2) is 22.7 Å². The summed E-state index contributed by atoms with van der Waals surface area (Å²) in [6.07, 6.45) is 3.33. The smallest absolute Gasteiger partial charge is 0.231 e. The minimum absolute atomic E-state index is 0.208. The number of hydrogen-bond acceptors (Lipinski definition) is 5. The Kier molecular flexibility index (Phi) is 2.79. The monoisotopic (exact) mass is 278 g/mol. The molecule has 0 unspecified atom stereocenters. The van der Waals surface area contributed by atoms with Gasteiger partial charge in [-0.3, -0.25) is 0 Å². The van der Waals surface area contributed by atoms with Crippen LogP contribution in [0.25, 0.3) is 0 Å². The topological polar surface area (TPSA) is 74.7 Å². The second kappa shape index (κ2) is 4.47. The maximum absolute atomic E-state index is 6.14. The van der Waals surface area contributed by atoms with E-state index >= 15 is 0 Å². The fraction of sp³-hybridized carbons (Fsp3) is 0.167. The first kappa shape index (κ1) is 11.9. The molecule has 1 aliphatic rings. The van der Waals surface area contributed by atoms with Gasteiger partial charge >= 0.3 is 0 Å². The van der Waals surface area contributed by atoms with E-state index in [-0.39, 0.29) is 6.79 Å². The molecule has 0 saturated heterocycles. The van der Waals surface area contributed by atoms with Crippen molar-refractivity contribution in [3.63, 3.8) is 0 Å². The minimum atomic E-state index is 0.208. The molecule has 3 rings (SSSR count). The molecule has 0 aliphatic carbocycles. The summed E-state index contributed by atoms with van der Waals surface area (Å²) in [4.78, 5) is 4.05. The van der Waals surface area contributed by atoms with Crippen molar-refractivity contribution in [2.45, 2.75) is 6.92 Å². The van der Waals surface area contributed by atoms with Gasteiger partial charge in [0, 0.05) is 11.6 Å². The molecule has 1 aromatic heterocycles. The number of aryl methyl sites for hydroxylation is 1. The molecule has 0 fully saturated rings. The lowest BCUT2D eigenvalue weighted by Gasteiger charge is -2.01. The highest BCUT2D eigenvalue weighted by molar-refractivity contribution is 6.33. The van der Waals surface area contributed by atoms with Crippen LogP contribution < -0.4 is 15.2 Å². The van der Waals surface area contributed by atoms with E-state index in [1.54, 1.807) is 24.5 Å². The minimum Gasteiger partial charge on any atom is -0.454 e. The van der Waals surface area contributed by atoms with Gasteiger partial charge in [0.15, 0.2) is 11.5 Å². The van der Waals surface area contributed by atoms with Crippen molar-refractivity contribution in [1.82, 2.24) is 9.66 Å². The molecule has 2 N–H and O–H groups in total. The van der Waals surface area contributed by atoms with Gasteiger partial charge in [-0.25, -0.2) is 9.66 Å². The number of hydrogen-bond donors (Lipinski definition) is 1. The molecule has 6 nitrogen and oxygen atoms in total. The zero-order valence-electron chi connectivity index (χ0n) is 10.1. The number of nitrogen functional groups attached to an aromatic ring is 1.